The van der Waals surface area contributed by atoms with Crippen LogP contribution in [-0.4, -0.2) is 14.1 Å². The average molecular weight is 853 g/mol. The van der Waals surface area contributed by atoms with Crippen molar-refractivity contribution in [3.63, 3.8) is 0 Å². The summed E-state index contributed by atoms with van der Waals surface area (Å²) in [5.41, 5.74) is 16.3. The van der Waals surface area contributed by atoms with Crippen molar-refractivity contribution in [3.05, 3.63) is 279 Å². The van der Waals surface area contributed by atoms with E-state index in [4.69, 9.17) is 0 Å². The molecule has 0 bridgehead atoms. The van der Waals surface area contributed by atoms with Gasteiger partial charge >= 0.3 is 0 Å². The zero-order chi connectivity index (χ0) is 44.9. The molecular formula is C62H52N4. The molecule has 4 heteroatoms. The summed E-state index contributed by atoms with van der Waals surface area (Å²) in [5, 5.41) is 0. The number of para-hydroxylation sites is 4. The lowest BCUT2D eigenvalue weighted by Crippen LogP contribution is -2.11. The molecule has 0 aliphatic heterocycles. The van der Waals surface area contributed by atoms with Gasteiger partial charge in [-0.2, -0.15) is 0 Å². The molecule has 0 atom stereocenters. The van der Waals surface area contributed by atoms with E-state index in [1.54, 1.807) is 0 Å². The van der Waals surface area contributed by atoms with Crippen LogP contribution in [0.2, 0.25) is 0 Å². The Morgan fingerprint density at radius 3 is 0.803 bits per heavy atom. The highest BCUT2D eigenvalue weighted by Crippen LogP contribution is 2.39. The summed E-state index contributed by atoms with van der Waals surface area (Å²) in [5.74, 6) is 0. The number of benzene rings is 10. The van der Waals surface area contributed by atoms with E-state index in [9.17, 15) is 0 Å². The molecule has 0 aromatic heterocycles. The summed E-state index contributed by atoms with van der Waals surface area (Å²) in [6.45, 7) is 0. The van der Waals surface area contributed by atoms with Gasteiger partial charge in [0.05, 0.1) is 0 Å². The molecule has 320 valence electrons. The first-order chi connectivity index (χ1) is 32.6. The molecule has 0 saturated carbocycles. The lowest BCUT2D eigenvalue weighted by molar-refractivity contribution is 1.20. The second-order valence-electron chi connectivity index (χ2n) is 16.0. The predicted molar refractivity (Wildman–Crippen MR) is 282 cm³/mol. The van der Waals surface area contributed by atoms with E-state index in [-0.39, 0.29) is 0 Å². The van der Waals surface area contributed by atoms with Crippen LogP contribution in [0.1, 0.15) is 0 Å². The topological polar surface area (TPSA) is 13.0 Å². The van der Waals surface area contributed by atoms with Crippen molar-refractivity contribution in [2.75, 3.05) is 33.7 Å². The van der Waals surface area contributed by atoms with Crippen LogP contribution >= 0.6 is 0 Å². The Kier molecular flexibility index (Phi) is 13.4. The van der Waals surface area contributed by atoms with Crippen molar-refractivity contribution in [2.24, 2.45) is 0 Å². The van der Waals surface area contributed by atoms with Crippen LogP contribution in [0.5, 0.6) is 0 Å². The van der Waals surface area contributed by atoms with Crippen LogP contribution in [0.3, 0.4) is 0 Å². The second kappa shape index (κ2) is 20.7. The van der Waals surface area contributed by atoms with Gasteiger partial charge in [-0.05, 0) is 144 Å². The van der Waals surface area contributed by atoms with Gasteiger partial charge in [-0.1, -0.05) is 158 Å². The Morgan fingerprint density at radius 1 is 0.182 bits per heavy atom. The molecule has 0 spiro atoms. The number of hydrogen-bond donors (Lipinski definition) is 0. The monoisotopic (exact) mass is 852 g/mol. The SMILES string of the molecule is CN(c1ccccc1)c1ccc(N(c2ccccc2)c2ccc(-c3ccccc3)cc2)cc1.CN(c1ccccc1)c1ccc(N(c2ccccc2)c2cccc(-c3ccccc3)c2)cc1. The van der Waals surface area contributed by atoms with Crippen LogP contribution < -0.4 is 19.6 Å². The lowest BCUT2D eigenvalue weighted by Gasteiger charge is -2.27. The van der Waals surface area contributed by atoms with Gasteiger partial charge in [0.2, 0.25) is 0 Å². The lowest BCUT2D eigenvalue weighted by atomic mass is 10.0. The van der Waals surface area contributed by atoms with Crippen molar-refractivity contribution < 1.29 is 0 Å². The number of rotatable bonds is 12. The molecule has 10 aromatic rings. The van der Waals surface area contributed by atoms with Gasteiger partial charge in [0.25, 0.3) is 0 Å². The third-order valence-corrected chi connectivity index (χ3v) is 11.8. The predicted octanol–water partition coefficient (Wildman–Crippen LogP) is 17.2. The summed E-state index contributed by atoms with van der Waals surface area (Å²) < 4.78 is 0. The second-order valence-corrected chi connectivity index (χ2v) is 16.0. The fraction of sp³-hybridized carbons (Fsp3) is 0.0323. The van der Waals surface area contributed by atoms with Crippen LogP contribution in [0.4, 0.5) is 56.9 Å². The van der Waals surface area contributed by atoms with Gasteiger partial charge in [0, 0.05) is 71.0 Å². The summed E-state index contributed by atoms with van der Waals surface area (Å²) in [6.07, 6.45) is 0. The van der Waals surface area contributed by atoms with Gasteiger partial charge in [-0.25, -0.2) is 0 Å². The molecule has 0 heterocycles. The quantitative estimate of drug-likeness (QED) is 0.121. The Hall–Kier alpha value is -8.60. The molecule has 0 radical (unpaired) electrons. The smallest absolute Gasteiger partial charge is 0.0467 e. The molecule has 0 saturated heterocycles. The third-order valence-electron chi connectivity index (χ3n) is 11.8. The van der Waals surface area contributed by atoms with Gasteiger partial charge < -0.3 is 19.6 Å². The Balaban J connectivity index is 0.000000166. The fourth-order valence-electron chi connectivity index (χ4n) is 8.19. The maximum Gasteiger partial charge on any atom is 0.0467 e. The van der Waals surface area contributed by atoms with Crippen molar-refractivity contribution >= 4 is 56.9 Å². The minimum Gasteiger partial charge on any atom is -0.345 e. The molecule has 0 amide bonds. The molecule has 0 unspecified atom stereocenters. The summed E-state index contributed by atoms with van der Waals surface area (Å²) in [7, 11) is 4.20. The highest BCUT2D eigenvalue weighted by atomic mass is 15.2. The molecule has 0 N–H and O–H groups in total. The van der Waals surface area contributed by atoms with E-state index < -0.39 is 0 Å². The van der Waals surface area contributed by atoms with Crippen molar-refractivity contribution in [2.45, 2.75) is 0 Å². The molecule has 10 rings (SSSR count). The molecule has 0 aliphatic carbocycles. The molecule has 0 aliphatic rings. The van der Waals surface area contributed by atoms with E-state index >= 15 is 0 Å². The first kappa shape index (κ1) is 42.7. The van der Waals surface area contributed by atoms with Crippen LogP contribution in [0.25, 0.3) is 22.3 Å². The van der Waals surface area contributed by atoms with Gasteiger partial charge in [0.15, 0.2) is 0 Å². The minimum absolute atomic E-state index is 1.12. The van der Waals surface area contributed by atoms with E-state index in [0.717, 1.165) is 45.5 Å². The summed E-state index contributed by atoms with van der Waals surface area (Å²) in [6, 6.07) is 97.9. The number of anilines is 10. The van der Waals surface area contributed by atoms with E-state index in [1.165, 1.54) is 33.6 Å². The Morgan fingerprint density at radius 2 is 0.409 bits per heavy atom. The van der Waals surface area contributed by atoms with Crippen molar-refractivity contribution in [3.8, 4) is 22.3 Å². The van der Waals surface area contributed by atoms with Crippen LogP contribution in [0, 0.1) is 0 Å². The average Bonchev–Trinajstić information content (AvgIpc) is 3.41. The molecule has 4 nitrogen and oxygen atoms in total. The first-order valence-corrected chi connectivity index (χ1v) is 22.4. The number of hydrogen-bond acceptors (Lipinski definition) is 4. The Bertz CT molecular complexity index is 3000. The fourth-order valence-corrected chi connectivity index (χ4v) is 8.19. The molecule has 10 aromatic carbocycles. The Labute approximate surface area is 390 Å². The maximum absolute atomic E-state index is 2.30. The van der Waals surface area contributed by atoms with Crippen molar-refractivity contribution in [1.29, 1.82) is 0 Å². The van der Waals surface area contributed by atoms with Crippen molar-refractivity contribution in [1.82, 2.24) is 0 Å². The van der Waals surface area contributed by atoms with Gasteiger partial charge in [-0.3, -0.25) is 0 Å². The van der Waals surface area contributed by atoms with E-state index in [2.05, 4.69) is 295 Å². The van der Waals surface area contributed by atoms with Gasteiger partial charge in [0.1, 0.15) is 0 Å². The number of nitrogens with zero attached hydrogens (tertiary/aromatic N) is 4. The van der Waals surface area contributed by atoms with Crippen LogP contribution in [0.15, 0.2) is 279 Å². The highest BCUT2D eigenvalue weighted by Gasteiger charge is 2.16. The van der Waals surface area contributed by atoms with Gasteiger partial charge in [-0.15, -0.1) is 0 Å². The zero-order valence-electron chi connectivity index (χ0n) is 37.3. The molecule has 66 heavy (non-hydrogen) atoms. The standard InChI is InChI=1S/2C31H26N2/c1-32(27-15-7-3-8-16-27)28-20-22-30(23-21-28)33(29-17-9-4-10-18-29)31-19-11-14-26(24-31)25-12-5-2-6-13-25;1-32(27-13-7-3-8-14-27)28-21-23-31(24-22-28)33(29-15-9-4-10-16-29)30-19-17-26(18-20-30)25-11-5-2-6-12-25/h2*2-24H,1H3. The van der Waals surface area contributed by atoms with Crippen LogP contribution in [-0.2, 0) is 0 Å². The van der Waals surface area contributed by atoms with E-state index in [0.29, 0.717) is 0 Å². The minimum atomic E-state index is 1.12. The third kappa shape index (κ3) is 10.1. The largest absolute Gasteiger partial charge is 0.345 e. The van der Waals surface area contributed by atoms with E-state index in [1.807, 2.05) is 18.2 Å². The molecular weight excluding hydrogens is 801 g/mol. The first-order valence-electron chi connectivity index (χ1n) is 22.4. The maximum atomic E-state index is 2.30. The zero-order valence-corrected chi connectivity index (χ0v) is 37.3. The molecule has 0 fully saturated rings. The highest BCUT2D eigenvalue weighted by molar-refractivity contribution is 5.82. The summed E-state index contributed by atoms with van der Waals surface area (Å²) >= 11 is 0. The normalized spacial score (nSPS) is 10.6. The summed E-state index contributed by atoms with van der Waals surface area (Å²) in [4.78, 5) is 9.00.